The number of rotatable bonds is 4. The molecule has 1 aromatic rings. The maximum absolute atomic E-state index is 13.4. The topological polar surface area (TPSA) is 69.7 Å². The maximum Gasteiger partial charge on any atom is 0.326 e. The van der Waals surface area contributed by atoms with Gasteiger partial charge in [0.1, 0.15) is 5.82 Å². The highest BCUT2D eigenvalue weighted by molar-refractivity contribution is 7.94. The van der Waals surface area contributed by atoms with Gasteiger partial charge in [0, 0.05) is 25.7 Å². The minimum atomic E-state index is -3.73. The number of nitrogens with one attached hydrogen (secondary N) is 1. The third-order valence-corrected chi connectivity index (χ3v) is 5.03. The van der Waals surface area contributed by atoms with E-state index in [0.717, 1.165) is 14.2 Å². The molecule has 1 heterocycles. The number of halogens is 1. The summed E-state index contributed by atoms with van der Waals surface area (Å²) in [6.45, 7) is 3.74. The van der Waals surface area contributed by atoms with Crippen LogP contribution >= 0.6 is 0 Å². The van der Waals surface area contributed by atoms with Crippen LogP contribution in [0.1, 0.15) is 13.8 Å². The summed E-state index contributed by atoms with van der Waals surface area (Å²) in [5.74, 6) is -0.799. The van der Waals surface area contributed by atoms with Gasteiger partial charge in [-0.05, 0) is 26.0 Å². The number of amides is 1. The number of hydrogen-bond donors (Lipinski definition) is 1. The summed E-state index contributed by atoms with van der Waals surface area (Å²) in [5, 5.41) is 2.61. The maximum atomic E-state index is 13.4. The summed E-state index contributed by atoms with van der Waals surface area (Å²) in [6, 6.07) is 3.81. The van der Waals surface area contributed by atoms with Crippen LogP contribution in [0, 0.1) is 5.82 Å². The van der Waals surface area contributed by atoms with Crippen LogP contribution in [0.15, 0.2) is 29.8 Å². The number of nitrogens with zero attached hydrogens (tertiary/aromatic N) is 2. The van der Waals surface area contributed by atoms with Crippen LogP contribution in [0.2, 0.25) is 0 Å². The minimum absolute atomic E-state index is 0.0332. The fraction of sp³-hybridized carbons (Fsp3) is 0.357. The molecule has 1 aliphatic rings. The Morgan fingerprint density at radius 2 is 2.00 bits per heavy atom. The summed E-state index contributed by atoms with van der Waals surface area (Å²) >= 11 is 0. The van der Waals surface area contributed by atoms with Crippen LogP contribution in [0.25, 0.3) is 0 Å². The summed E-state index contributed by atoms with van der Waals surface area (Å²) < 4.78 is 40.2. The lowest BCUT2D eigenvalue weighted by atomic mass is 10.2. The molecule has 1 aliphatic heterocycles. The largest absolute Gasteiger partial charge is 0.351 e. The number of hydrogen-bond acceptors (Lipinski definition) is 3. The van der Waals surface area contributed by atoms with E-state index in [0.29, 0.717) is 5.69 Å². The van der Waals surface area contributed by atoms with E-state index in [1.54, 1.807) is 13.8 Å². The third-order valence-electron chi connectivity index (χ3n) is 3.20. The molecule has 22 heavy (non-hydrogen) atoms. The highest BCUT2D eigenvalue weighted by Crippen LogP contribution is 2.39. The number of allylic oxidation sites excluding steroid dienone is 1. The van der Waals surface area contributed by atoms with Gasteiger partial charge in [-0.3, -0.25) is 9.10 Å². The molecule has 0 bridgehead atoms. The van der Waals surface area contributed by atoms with Gasteiger partial charge in [-0.15, -0.1) is 0 Å². The van der Waals surface area contributed by atoms with Crippen molar-refractivity contribution in [2.75, 3.05) is 28.7 Å². The average Bonchev–Trinajstić information content (AvgIpc) is 2.58. The molecule has 0 unspecified atom stereocenters. The fourth-order valence-corrected chi connectivity index (χ4v) is 3.60. The second-order valence-electron chi connectivity index (χ2n) is 5.19. The van der Waals surface area contributed by atoms with Gasteiger partial charge in [0.05, 0.1) is 17.9 Å². The molecule has 0 radical (unpaired) electrons. The molecule has 0 aliphatic carbocycles. The van der Waals surface area contributed by atoms with Crippen LogP contribution in [0.5, 0.6) is 0 Å². The van der Waals surface area contributed by atoms with E-state index in [1.165, 1.54) is 31.3 Å². The number of carbonyl (C=O) groups is 1. The monoisotopic (exact) mass is 327 g/mol. The van der Waals surface area contributed by atoms with Crippen molar-refractivity contribution in [3.05, 3.63) is 35.7 Å². The highest BCUT2D eigenvalue weighted by Gasteiger charge is 2.37. The van der Waals surface area contributed by atoms with Crippen LogP contribution < -0.4 is 13.9 Å². The van der Waals surface area contributed by atoms with E-state index in [9.17, 15) is 17.6 Å². The Bertz CT molecular complexity index is 727. The predicted molar refractivity (Wildman–Crippen MR) is 83.5 cm³/mol. The molecule has 1 aromatic carbocycles. The standard InChI is InChI=1S/C14H18FN3O3S/c1-10(2)8-14(19)16-6-7-18-13-9-11(15)4-5-12(13)17(3)22(18,20)21/h4-5,8-9H,6-7H2,1-3H3,(H,16,19). The average molecular weight is 327 g/mol. The van der Waals surface area contributed by atoms with Crippen molar-refractivity contribution in [3.63, 3.8) is 0 Å². The van der Waals surface area contributed by atoms with Crippen molar-refractivity contribution in [1.29, 1.82) is 0 Å². The Hall–Kier alpha value is -2.09. The van der Waals surface area contributed by atoms with Gasteiger partial charge in [-0.25, -0.2) is 8.70 Å². The molecule has 0 aromatic heterocycles. The Kier molecular flexibility index (Phi) is 4.41. The van der Waals surface area contributed by atoms with Crippen molar-refractivity contribution in [2.24, 2.45) is 0 Å². The van der Waals surface area contributed by atoms with Gasteiger partial charge < -0.3 is 5.32 Å². The Morgan fingerprint density at radius 1 is 1.32 bits per heavy atom. The zero-order valence-electron chi connectivity index (χ0n) is 12.6. The molecule has 0 fully saturated rings. The first kappa shape index (κ1) is 16.3. The number of carbonyl (C=O) groups excluding carboxylic acids is 1. The molecular weight excluding hydrogens is 309 g/mol. The summed E-state index contributed by atoms with van der Waals surface area (Å²) in [4.78, 5) is 11.5. The molecule has 0 saturated carbocycles. The molecule has 1 N–H and O–H groups in total. The highest BCUT2D eigenvalue weighted by atomic mass is 32.2. The minimum Gasteiger partial charge on any atom is -0.351 e. The summed E-state index contributed by atoms with van der Waals surface area (Å²) in [7, 11) is -2.32. The molecule has 6 nitrogen and oxygen atoms in total. The zero-order chi connectivity index (χ0) is 16.5. The molecule has 0 atom stereocenters. The van der Waals surface area contributed by atoms with Crippen LogP contribution in [0.4, 0.5) is 15.8 Å². The Morgan fingerprint density at radius 3 is 2.64 bits per heavy atom. The fourth-order valence-electron chi connectivity index (χ4n) is 2.19. The van der Waals surface area contributed by atoms with Crippen molar-refractivity contribution in [2.45, 2.75) is 13.8 Å². The first-order valence-corrected chi connectivity index (χ1v) is 8.12. The van der Waals surface area contributed by atoms with Crippen molar-refractivity contribution in [3.8, 4) is 0 Å². The third kappa shape index (κ3) is 3.06. The van der Waals surface area contributed by atoms with E-state index in [1.807, 2.05) is 0 Å². The van der Waals surface area contributed by atoms with Gasteiger partial charge in [-0.1, -0.05) is 5.57 Å². The van der Waals surface area contributed by atoms with Crippen LogP contribution in [-0.4, -0.2) is 34.5 Å². The van der Waals surface area contributed by atoms with Crippen molar-refractivity contribution < 1.29 is 17.6 Å². The van der Waals surface area contributed by atoms with E-state index < -0.39 is 16.0 Å². The van der Waals surface area contributed by atoms with Gasteiger partial charge in [0.25, 0.3) is 0 Å². The lowest BCUT2D eigenvalue weighted by Crippen LogP contribution is -2.40. The second kappa shape index (κ2) is 5.96. The molecule has 0 spiro atoms. The number of fused-ring (bicyclic) bond motifs is 1. The summed E-state index contributed by atoms with van der Waals surface area (Å²) in [5.41, 5.74) is 1.54. The molecule has 8 heteroatoms. The molecule has 2 rings (SSSR count). The van der Waals surface area contributed by atoms with Crippen LogP contribution in [-0.2, 0) is 15.0 Å². The van der Waals surface area contributed by atoms with Crippen LogP contribution in [0.3, 0.4) is 0 Å². The van der Waals surface area contributed by atoms with Crippen molar-refractivity contribution >= 4 is 27.5 Å². The van der Waals surface area contributed by atoms with E-state index in [-0.39, 0.29) is 24.7 Å². The summed E-state index contributed by atoms with van der Waals surface area (Å²) in [6.07, 6.45) is 1.43. The van der Waals surface area contributed by atoms with Gasteiger partial charge >= 0.3 is 10.2 Å². The quantitative estimate of drug-likeness (QED) is 0.850. The predicted octanol–water partition coefficient (Wildman–Crippen LogP) is 1.41. The normalized spacial score (nSPS) is 15.5. The molecule has 1 amide bonds. The Balaban J connectivity index is 2.16. The lowest BCUT2D eigenvalue weighted by Gasteiger charge is -2.19. The van der Waals surface area contributed by atoms with Gasteiger partial charge in [-0.2, -0.15) is 8.42 Å². The smallest absolute Gasteiger partial charge is 0.326 e. The van der Waals surface area contributed by atoms with Gasteiger partial charge in [0.15, 0.2) is 0 Å². The molecule has 0 saturated heterocycles. The molecular formula is C14H18FN3O3S. The lowest BCUT2D eigenvalue weighted by molar-refractivity contribution is -0.116. The first-order valence-electron chi connectivity index (χ1n) is 6.72. The van der Waals surface area contributed by atoms with Gasteiger partial charge in [0.2, 0.25) is 5.91 Å². The Labute approximate surface area is 129 Å². The molecule has 120 valence electrons. The number of anilines is 2. The van der Waals surface area contributed by atoms with E-state index in [2.05, 4.69) is 5.32 Å². The second-order valence-corrected chi connectivity index (χ2v) is 7.08. The van der Waals surface area contributed by atoms with Crippen molar-refractivity contribution in [1.82, 2.24) is 5.32 Å². The SMILES string of the molecule is CC(C)=CC(=O)NCCN1c2cc(F)ccc2N(C)S1(=O)=O. The number of benzene rings is 1. The first-order chi connectivity index (χ1) is 10.2. The van der Waals surface area contributed by atoms with E-state index >= 15 is 0 Å². The zero-order valence-corrected chi connectivity index (χ0v) is 13.4. The van der Waals surface area contributed by atoms with E-state index in [4.69, 9.17) is 0 Å².